The van der Waals surface area contributed by atoms with Crippen LogP contribution >= 0.6 is 15.9 Å². The summed E-state index contributed by atoms with van der Waals surface area (Å²) in [5.74, 6) is 1.77. The van der Waals surface area contributed by atoms with Crippen LogP contribution in [0, 0.1) is 0 Å². The maximum Gasteiger partial charge on any atom is 0.169 e. The van der Waals surface area contributed by atoms with Gasteiger partial charge in [-0.1, -0.05) is 19.1 Å². The molecule has 0 radical (unpaired) electrons. The normalized spacial score (nSPS) is 12.4. The monoisotopic (exact) mass is 323 g/mol. The third kappa shape index (κ3) is 3.61. The second-order valence-electron chi connectivity index (χ2n) is 4.30. The van der Waals surface area contributed by atoms with Crippen molar-refractivity contribution in [3.8, 4) is 5.75 Å². The number of rotatable bonds is 6. The second-order valence-corrected chi connectivity index (χ2v) is 5.08. The molecule has 19 heavy (non-hydrogen) atoms. The molecule has 1 heterocycles. The molecule has 0 aliphatic heterocycles. The number of benzene rings is 1. The molecular weight excluding hydrogens is 306 g/mol. The Morgan fingerprint density at radius 1 is 1.21 bits per heavy atom. The lowest BCUT2D eigenvalue weighted by Crippen LogP contribution is -2.22. The van der Waals surface area contributed by atoms with Crippen molar-refractivity contribution in [3.05, 3.63) is 52.4 Å². The Morgan fingerprint density at radius 3 is 2.47 bits per heavy atom. The SMILES string of the molecule is CCCNC(c1ccc(OC)cc1)c1ccc(Br)o1. The van der Waals surface area contributed by atoms with Crippen molar-refractivity contribution in [1.82, 2.24) is 5.32 Å². The topological polar surface area (TPSA) is 34.4 Å². The van der Waals surface area contributed by atoms with Gasteiger partial charge in [-0.25, -0.2) is 0 Å². The minimum Gasteiger partial charge on any atom is -0.497 e. The Labute approximate surface area is 122 Å². The molecule has 2 aromatic rings. The molecule has 1 unspecified atom stereocenters. The van der Waals surface area contributed by atoms with E-state index < -0.39 is 0 Å². The molecule has 0 saturated heterocycles. The van der Waals surface area contributed by atoms with Crippen molar-refractivity contribution in [3.63, 3.8) is 0 Å². The van der Waals surface area contributed by atoms with Gasteiger partial charge in [-0.2, -0.15) is 0 Å². The van der Waals surface area contributed by atoms with Crippen LogP contribution in [0.15, 0.2) is 45.5 Å². The number of halogens is 1. The highest BCUT2D eigenvalue weighted by molar-refractivity contribution is 9.10. The number of ether oxygens (including phenoxy) is 1. The molecule has 1 atom stereocenters. The minimum absolute atomic E-state index is 0.0668. The Bertz CT molecular complexity index is 507. The summed E-state index contributed by atoms with van der Waals surface area (Å²) in [4.78, 5) is 0. The maximum atomic E-state index is 5.68. The van der Waals surface area contributed by atoms with E-state index in [0.717, 1.165) is 34.7 Å². The van der Waals surface area contributed by atoms with E-state index in [1.54, 1.807) is 7.11 Å². The zero-order chi connectivity index (χ0) is 13.7. The molecule has 1 aromatic carbocycles. The standard InChI is InChI=1S/C15H18BrNO2/c1-3-10-17-15(13-8-9-14(16)19-13)11-4-6-12(18-2)7-5-11/h4-9,15,17H,3,10H2,1-2H3. The number of hydrogen-bond donors (Lipinski definition) is 1. The Morgan fingerprint density at radius 2 is 1.95 bits per heavy atom. The van der Waals surface area contributed by atoms with E-state index in [1.807, 2.05) is 24.3 Å². The average molecular weight is 324 g/mol. The third-order valence-corrected chi connectivity index (χ3v) is 3.35. The van der Waals surface area contributed by atoms with Gasteiger partial charge in [0.15, 0.2) is 4.67 Å². The summed E-state index contributed by atoms with van der Waals surface area (Å²) in [7, 11) is 1.67. The highest BCUT2D eigenvalue weighted by atomic mass is 79.9. The van der Waals surface area contributed by atoms with Crippen LogP contribution < -0.4 is 10.1 Å². The summed E-state index contributed by atoms with van der Waals surface area (Å²) < 4.78 is 11.6. The van der Waals surface area contributed by atoms with Gasteiger partial charge in [0.1, 0.15) is 11.5 Å². The summed E-state index contributed by atoms with van der Waals surface area (Å²) >= 11 is 3.35. The van der Waals surface area contributed by atoms with Crippen molar-refractivity contribution in [2.24, 2.45) is 0 Å². The van der Waals surface area contributed by atoms with Crippen molar-refractivity contribution in [2.45, 2.75) is 19.4 Å². The van der Waals surface area contributed by atoms with Gasteiger partial charge in [-0.3, -0.25) is 0 Å². The van der Waals surface area contributed by atoms with E-state index in [-0.39, 0.29) is 6.04 Å². The molecule has 3 nitrogen and oxygen atoms in total. The number of nitrogens with one attached hydrogen (secondary N) is 1. The fraction of sp³-hybridized carbons (Fsp3) is 0.333. The summed E-state index contributed by atoms with van der Waals surface area (Å²) in [6.45, 7) is 3.09. The van der Waals surface area contributed by atoms with Gasteiger partial charge in [0, 0.05) is 0 Å². The first-order chi connectivity index (χ1) is 9.24. The summed E-state index contributed by atoms with van der Waals surface area (Å²) in [5, 5.41) is 3.50. The van der Waals surface area contributed by atoms with Crippen LogP contribution in [-0.2, 0) is 0 Å². The number of hydrogen-bond acceptors (Lipinski definition) is 3. The van der Waals surface area contributed by atoms with Gasteiger partial charge < -0.3 is 14.5 Å². The van der Waals surface area contributed by atoms with E-state index >= 15 is 0 Å². The molecule has 0 aliphatic rings. The molecule has 0 fully saturated rings. The van der Waals surface area contributed by atoms with Crippen LogP contribution in [0.2, 0.25) is 0 Å². The van der Waals surface area contributed by atoms with E-state index in [1.165, 1.54) is 0 Å². The van der Waals surface area contributed by atoms with Gasteiger partial charge in [-0.15, -0.1) is 0 Å². The van der Waals surface area contributed by atoms with E-state index in [0.29, 0.717) is 0 Å². The second kappa shape index (κ2) is 6.78. The van der Waals surface area contributed by atoms with Crippen LogP contribution in [0.3, 0.4) is 0 Å². The van der Waals surface area contributed by atoms with E-state index in [4.69, 9.17) is 9.15 Å². The largest absolute Gasteiger partial charge is 0.497 e. The van der Waals surface area contributed by atoms with Crippen molar-refractivity contribution >= 4 is 15.9 Å². The molecule has 1 aromatic heterocycles. The Kier molecular flexibility index (Phi) is 5.05. The van der Waals surface area contributed by atoms with Crippen LogP contribution in [0.25, 0.3) is 0 Å². The van der Waals surface area contributed by atoms with E-state index in [2.05, 4.69) is 40.3 Å². The molecular formula is C15H18BrNO2. The average Bonchev–Trinajstić information content (AvgIpc) is 2.86. The van der Waals surface area contributed by atoms with Crippen molar-refractivity contribution in [1.29, 1.82) is 0 Å². The predicted octanol–water partition coefficient (Wildman–Crippen LogP) is 4.14. The Balaban J connectivity index is 2.25. The lowest BCUT2D eigenvalue weighted by atomic mass is 10.0. The lowest BCUT2D eigenvalue weighted by Gasteiger charge is -2.17. The molecule has 2 rings (SSSR count). The summed E-state index contributed by atoms with van der Waals surface area (Å²) in [6.07, 6.45) is 1.08. The predicted molar refractivity (Wildman–Crippen MR) is 79.5 cm³/mol. The first-order valence-electron chi connectivity index (χ1n) is 6.37. The van der Waals surface area contributed by atoms with Crippen LogP contribution in [0.4, 0.5) is 0 Å². The van der Waals surface area contributed by atoms with E-state index in [9.17, 15) is 0 Å². The van der Waals surface area contributed by atoms with Crippen LogP contribution in [0.5, 0.6) is 5.75 Å². The minimum atomic E-state index is 0.0668. The highest BCUT2D eigenvalue weighted by Crippen LogP contribution is 2.27. The molecule has 1 N–H and O–H groups in total. The van der Waals surface area contributed by atoms with Crippen LogP contribution in [-0.4, -0.2) is 13.7 Å². The van der Waals surface area contributed by atoms with Gasteiger partial charge in [0.05, 0.1) is 13.2 Å². The zero-order valence-electron chi connectivity index (χ0n) is 11.2. The third-order valence-electron chi connectivity index (χ3n) is 2.93. The molecule has 0 aliphatic carbocycles. The smallest absolute Gasteiger partial charge is 0.169 e. The van der Waals surface area contributed by atoms with Crippen molar-refractivity contribution < 1.29 is 9.15 Å². The van der Waals surface area contributed by atoms with Crippen molar-refractivity contribution in [2.75, 3.05) is 13.7 Å². The maximum absolute atomic E-state index is 5.68. The first-order valence-corrected chi connectivity index (χ1v) is 7.16. The molecule has 4 heteroatoms. The summed E-state index contributed by atoms with van der Waals surface area (Å²) in [5.41, 5.74) is 1.16. The summed E-state index contributed by atoms with van der Waals surface area (Å²) in [6, 6.07) is 12.0. The molecule has 0 amide bonds. The molecule has 0 spiro atoms. The lowest BCUT2D eigenvalue weighted by molar-refractivity contribution is 0.413. The molecule has 102 valence electrons. The quantitative estimate of drug-likeness (QED) is 0.867. The Hall–Kier alpha value is -1.26. The molecule has 0 saturated carbocycles. The first kappa shape index (κ1) is 14.2. The van der Waals surface area contributed by atoms with Gasteiger partial charge >= 0.3 is 0 Å². The van der Waals surface area contributed by atoms with Gasteiger partial charge in [0.25, 0.3) is 0 Å². The van der Waals surface area contributed by atoms with Gasteiger partial charge in [-0.05, 0) is 58.7 Å². The number of furan rings is 1. The van der Waals surface area contributed by atoms with Gasteiger partial charge in [0.2, 0.25) is 0 Å². The highest BCUT2D eigenvalue weighted by Gasteiger charge is 2.16. The molecule has 0 bridgehead atoms. The zero-order valence-corrected chi connectivity index (χ0v) is 12.7. The van der Waals surface area contributed by atoms with Crippen LogP contribution in [0.1, 0.15) is 30.7 Å². The fourth-order valence-electron chi connectivity index (χ4n) is 1.95. The number of methoxy groups -OCH3 is 1. The fourth-order valence-corrected chi connectivity index (χ4v) is 2.27.